The van der Waals surface area contributed by atoms with Gasteiger partial charge in [0.05, 0.1) is 25.5 Å². The lowest BCUT2D eigenvalue weighted by Gasteiger charge is -2.20. The maximum Gasteiger partial charge on any atom is 0.240 e. The molecule has 0 unspecified atom stereocenters. The second-order valence-electron chi connectivity index (χ2n) is 5.33. The van der Waals surface area contributed by atoms with E-state index in [1.165, 1.54) is 5.56 Å². The fourth-order valence-corrected chi connectivity index (χ4v) is 2.80. The fraction of sp³-hybridized carbons (Fsp3) is 0.353. The molecule has 0 spiro atoms. The number of amides is 1. The van der Waals surface area contributed by atoms with Crippen molar-refractivity contribution >= 4 is 11.6 Å². The molecule has 1 N–H and O–H groups in total. The number of para-hydroxylation sites is 1. The van der Waals surface area contributed by atoms with Crippen molar-refractivity contribution in [1.29, 1.82) is 0 Å². The first-order valence-electron chi connectivity index (χ1n) is 7.43. The van der Waals surface area contributed by atoms with E-state index in [1.807, 2.05) is 35.2 Å². The average molecular weight is 300 g/mol. The highest BCUT2D eigenvalue weighted by molar-refractivity contribution is 5.96. The summed E-state index contributed by atoms with van der Waals surface area (Å²) in [6.45, 7) is 1.45. The van der Waals surface area contributed by atoms with Crippen LogP contribution in [0.5, 0.6) is 0 Å². The van der Waals surface area contributed by atoms with Crippen LogP contribution >= 0.6 is 0 Å². The maximum absolute atomic E-state index is 12.5. The highest BCUT2D eigenvalue weighted by atomic mass is 16.5. The summed E-state index contributed by atoms with van der Waals surface area (Å²) >= 11 is 0. The summed E-state index contributed by atoms with van der Waals surface area (Å²) < 4.78 is 10.6. The Morgan fingerprint density at radius 3 is 3.00 bits per heavy atom. The number of rotatable bonds is 6. The number of furan rings is 1. The molecule has 5 heteroatoms. The lowest BCUT2D eigenvalue weighted by atomic mass is 10.2. The van der Waals surface area contributed by atoms with Gasteiger partial charge in [-0.2, -0.15) is 0 Å². The van der Waals surface area contributed by atoms with Gasteiger partial charge < -0.3 is 14.1 Å². The third-order valence-corrected chi connectivity index (χ3v) is 3.91. The van der Waals surface area contributed by atoms with Gasteiger partial charge >= 0.3 is 0 Å². The number of carbonyl (C=O) groups excluding carboxylic acids is 1. The Morgan fingerprint density at radius 2 is 2.23 bits per heavy atom. The molecule has 22 heavy (non-hydrogen) atoms. The number of fused-ring (bicyclic) bond motifs is 1. The summed E-state index contributed by atoms with van der Waals surface area (Å²) in [5.41, 5.74) is 2.26. The highest BCUT2D eigenvalue weighted by Gasteiger charge is 2.25. The molecule has 1 aliphatic rings. The molecule has 3 rings (SSSR count). The van der Waals surface area contributed by atoms with Crippen molar-refractivity contribution < 1.29 is 13.9 Å². The summed E-state index contributed by atoms with van der Waals surface area (Å²) in [7, 11) is 1.64. The van der Waals surface area contributed by atoms with Gasteiger partial charge in [0.15, 0.2) is 0 Å². The first-order chi connectivity index (χ1) is 10.8. The van der Waals surface area contributed by atoms with Crippen LogP contribution in [0.2, 0.25) is 0 Å². The zero-order valence-electron chi connectivity index (χ0n) is 12.6. The Kier molecular flexibility index (Phi) is 4.56. The third kappa shape index (κ3) is 3.05. The molecule has 1 amide bonds. The zero-order chi connectivity index (χ0) is 15.4. The van der Waals surface area contributed by atoms with Crippen LogP contribution in [0.1, 0.15) is 17.4 Å². The van der Waals surface area contributed by atoms with E-state index in [2.05, 4.69) is 11.4 Å². The van der Waals surface area contributed by atoms with Crippen molar-refractivity contribution in [3.63, 3.8) is 0 Å². The van der Waals surface area contributed by atoms with E-state index in [0.717, 1.165) is 24.4 Å². The molecule has 0 radical (unpaired) electrons. The summed E-state index contributed by atoms with van der Waals surface area (Å²) in [5, 5.41) is 3.22. The van der Waals surface area contributed by atoms with Crippen LogP contribution in [0.25, 0.3) is 0 Å². The predicted octanol–water partition coefficient (Wildman–Crippen LogP) is 2.15. The maximum atomic E-state index is 12.5. The molecule has 1 aliphatic heterocycles. The Labute approximate surface area is 129 Å². The van der Waals surface area contributed by atoms with Crippen LogP contribution in [0.3, 0.4) is 0 Å². The lowest BCUT2D eigenvalue weighted by Crippen LogP contribution is -2.39. The van der Waals surface area contributed by atoms with Gasteiger partial charge in [-0.1, -0.05) is 18.2 Å². The van der Waals surface area contributed by atoms with E-state index in [-0.39, 0.29) is 18.5 Å². The van der Waals surface area contributed by atoms with Gasteiger partial charge in [-0.25, -0.2) is 0 Å². The van der Waals surface area contributed by atoms with Crippen LogP contribution in [0, 0.1) is 0 Å². The van der Waals surface area contributed by atoms with Crippen LogP contribution in [-0.2, 0) is 16.0 Å². The lowest BCUT2D eigenvalue weighted by molar-refractivity contribution is -0.117. The molecule has 1 aromatic carbocycles. The number of nitrogens with zero attached hydrogens (tertiary/aromatic N) is 1. The molecule has 1 aromatic heterocycles. The SMILES string of the molecule is COC[C@@H](NCC(=O)N1CCc2ccccc21)c1ccco1. The summed E-state index contributed by atoms with van der Waals surface area (Å²) in [5.74, 6) is 0.842. The van der Waals surface area contributed by atoms with Gasteiger partial charge in [0.25, 0.3) is 0 Å². The number of ether oxygens (including phenoxy) is 1. The number of anilines is 1. The zero-order valence-corrected chi connectivity index (χ0v) is 12.6. The highest BCUT2D eigenvalue weighted by Crippen LogP contribution is 2.27. The molecule has 0 saturated carbocycles. The van der Waals surface area contributed by atoms with Crippen molar-refractivity contribution in [2.45, 2.75) is 12.5 Å². The van der Waals surface area contributed by atoms with Crippen LogP contribution < -0.4 is 10.2 Å². The van der Waals surface area contributed by atoms with Crippen LogP contribution in [0.4, 0.5) is 5.69 Å². The van der Waals surface area contributed by atoms with Crippen molar-refractivity contribution in [3.8, 4) is 0 Å². The van der Waals surface area contributed by atoms with E-state index in [4.69, 9.17) is 9.15 Å². The molecule has 116 valence electrons. The largest absolute Gasteiger partial charge is 0.468 e. The molecular formula is C17H20N2O3. The third-order valence-electron chi connectivity index (χ3n) is 3.91. The minimum atomic E-state index is -0.123. The van der Waals surface area contributed by atoms with Crippen molar-refractivity contribution in [2.75, 3.05) is 31.7 Å². The van der Waals surface area contributed by atoms with E-state index in [0.29, 0.717) is 6.61 Å². The number of nitrogens with one attached hydrogen (secondary N) is 1. The van der Waals surface area contributed by atoms with Gasteiger partial charge in [0.1, 0.15) is 5.76 Å². The van der Waals surface area contributed by atoms with Crippen molar-refractivity contribution in [3.05, 3.63) is 54.0 Å². The van der Waals surface area contributed by atoms with Crippen molar-refractivity contribution in [2.24, 2.45) is 0 Å². The Hall–Kier alpha value is -2.11. The van der Waals surface area contributed by atoms with Crippen LogP contribution in [0.15, 0.2) is 47.1 Å². The quantitative estimate of drug-likeness (QED) is 0.888. The van der Waals surface area contributed by atoms with E-state index in [1.54, 1.807) is 13.4 Å². The topological polar surface area (TPSA) is 54.7 Å². The molecule has 0 aliphatic carbocycles. The molecular weight excluding hydrogens is 280 g/mol. The number of hydrogen-bond acceptors (Lipinski definition) is 4. The number of carbonyl (C=O) groups is 1. The van der Waals surface area contributed by atoms with E-state index >= 15 is 0 Å². The normalized spacial score (nSPS) is 14.9. The van der Waals surface area contributed by atoms with Gasteiger partial charge in [-0.15, -0.1) is 0 Å². The Morgan fingerprint density at radius 1 is 1.36 bits per heavy atom. The molecule has 0 fully saturated rings. The molecule has 2 aromatic rings. The molecule has 0 saturated heterocycles. The fourth-order valence-electron chi connectivity index (χ4n) is 2.80. The molecule has 2 heterocycles. The monoisotopic (exact) mass is 300 g/mol. The summed E-state index contributed by atoms with van der Waals surface area (Å²) in [6.07, 6.45) is 2.54. The molecule has 5 nitrogen and oxygen atoms in total. The van der Waals surface area contributed by atoms with Gasteiger partial charge in [-0.05, 0) is 30.2 Å². The minimum absolute atomic E-state index is 0.0672. The number of methoxy groups -OCH3 is 1. The van der Waals surface area contributed by atoms with E-state index < -0.39 is 0 Å². The molecule has 0 bridgehead atoms. The van der Waals surface area contributed by atoms with Gasteiger partial charge in [0.2, 0.25) is 5.91 Å². The first-order valence-corrected chi connectivity index (χ1v) is 7.43. The van der Waals surface area contributed by atoms with E-state index in [9.17, 15) is 4.79 Å². The minimum Gasteiger partial charge on any atom is -0.468 e. The van der Waals surface area contributed by atoms with Gasteiger partial charge in [-0.3, -0.25) is 10.1 Å². The Balaban J connectivity index is 1.62. The second-order valence-corrected chi connectivity index (χ2v) is 5.33. The predicted molar refractivity (Wildman–Crippen MR) is 83.8 cm³/mol. The summed E-state index contributed by atoms with van der Waals surface area (Å²) in [6, 6.07) is 11.6. The smallest absolute Gasteiger partial charge is 0.240 e. The summed E-state index contributed by atoms with van der Waals surface area (Å²) in [4.78, 5) is 14.3. The van der Waals surface area contributed by atoms with Crippen LogP contribution in [-0.4, -0.2) is 32.7 Å². The molecule has 1 atom stereocenters. The Bertz CT molecular complexity index is 625. The first kappa shape index (κ1) is 14.8. The standard InChI is InChI=1S/C17H20N2O3/c1-21-12-14(16-7-4-10-22-16)18-11-17(20)19-9-8-13-5-2-3-6-15(13)19/h2-7,10,14,18H,8-9,11-12H2,1H3/t14-/m1/s1. The number of hydrogen-bond donors (Lipinski definition) is 1. The second kappa shape index (κ2) is 6.77. The number of benzene rings is 1. The van der Waals surface area contributed by atoms with Crippen molar-refractivity contribution in [1.82, 2.24) is 5.32 Å². The average Bonchev–Trinajstić information content (AvgIpc) is 3.20. The van der Waals surface area contributed by atoms with Gasteiger partial charge in [0, 0.05) is 19.3 Å².